The summed E-state index contributed by atoms with van der Waals surface area (Å²) in [6, 6.07) is 0.568. The molecule has 2 aromatic heterocycles. The molecule has 208 valence electrons. The SMILES string of the molecule is Cc1nn([C@H]2C[C@@H](O[Si](C)(C)C(C)(C)C)C2)c2nc(Cl)nc(N3CCC[C@H]3CO[Si](C)(C)C(C)(C)C)c12. The lowest BCUT2D eigenvalue weighted by Gasteiger charge is -2.44. The Morgan fingerprint density at radius 3 is 2.19 bits per heavy atom. The number of fused-ring (bicyclic) bond motifs is 1. The molecule has 1 aliphatic carbocycles. The van der Waals surface area contributed by atoms with Crippen LogP contribution in [0.2, 0.25) is 41.5 Å². The van der Waals surface area contributed by atoms with Gasteiger partial charge in [0.2, 0.25) is 5.28 Å². The van der Waals surface area contributed by atoms with Gasteiger partial charge in [0.05, 0.1) is 29.8 Å². The molecule has 3 heterocycles. The van der Waals surface area contributed by atoms with Crippen LogP contribution in [0.3, 0.4) is 0 Å². The molecule has 4 rings (SSSR count). The minimum atomic E-state index is -1.83. The van der Waals surface area contributed by atoms with E-state index in [1.54, 1.807) is 0 Å². The van der Waals surface area contributed by atoms with Gasteiger partial charge in [-0.2, -0.15) is 15.1 Å². The van der Waals surface area contributed by atoms with Crippen molar-refractivity contribution in [3.8, 4) is 0 Å². The van der Waals surface area contributed by atoms with Crippen molar-refractivity contribution in [1.29, 1.82) is 0 Å². The molecule has 0 unspecified atom stereocenters. The summed E-state index contributed by atoms with van der Waals surface area (Å²) < 4.78 is 15.4. The van der Waals surface area contributed by atoms with Crippen molar-refractivity contribution >= 4 is 45.1 Å². The maximum absolute atomic E-state index is 6.65. The Morgan fingerprint density at radius 1 is 0.973 bits per heavy atom. The van der Waals surface area contributed by atoms with Crippen molar-refractivity contribution in [2.24, 2.45) is 0 Å². The normalized spacial score (nSPS) is 23.7. The second kappa shape index (κ2) is 9.87. The molecule has 7 nitrogen and oxygen atoms in total. The van der Waals surface area contributed by atoms with E-state index in [2.05, 4.69) is 89.2 Å². The molecular formula is C27H48ClN5O2Si2. The molecule has 0 spiro atoms. The van der Waals surface area contributed by atoms with Gasteiger partial charge in [-0.3, -0.25) is 0 Å². The van der Waals surface area contributed by atoms with Gasteiger partial charge >= 0.3 is 0 Å². The van der Waals surface area contributed by atoms with Crippen molar-refractivity contribution in [3.63, 3.8) is 0 Å². The highest BCUT2D eigenvalue weighted by atomic mass is 35.5. The Kier molecular flexibility index (Phi) is 7.74. The molecule has 10 heteroatoms. The number of nitrogens with zero attached hydrogens (tertiary/aromatic N) is 5. The maximum atomic E-state index is 6.65. The first-order chi connectivity index (χ1) is 16.9. The van der Waals surface area contributed by atoms with E-state index in [9.17, 15) is 0 Å². The van der Waals surface area contributed by atoms with E-state index in [4.69, 9.17) is 30.5 Å². The van der Waals surface area contributed by atoms with E-state index in [0.29, 0.717) is 0 Å². The maximum Gasteiger partial charge on any atom is 0.226 e. The van der Waals surface area contributed by atoms with E-state index in [-0.39, 0.29) is 33.5 Å². The number of aromatic nitrogens is 4. The van der Waals surface area contributed by atoms with E-state index < -0.39 is 16.6 Å². The third kappa shape index (κ3) is 5.67. The van der Waals surface area contributed by atoms with Gasteiger partial charge in [-0.05, 0) is 80.5 Å². The van der Waals surface area contributed by atoms with E-state index in [1.165, 1.54) is 0 Å². The van der Waals surface area contributed by atoms with Crippen LogP contribution in [-0.4, -0.2) is 61.7 Å². The van der Waals surface area contributed by atoms with Crippen LogP contribution in [-0.2, 0) is 8.85 Å². The summed E-state index contributed by atoms with van der Waals surface area (Å²) >= 11 is 6.54. The number of hydrogen-bond donors (Lipinski definition) is 0. The van der Waals surface area contributed by atoms with Gasteiger partial charge < -0.3 is 13.8 Å². The van der Waals surface area contributed by atoms with Crippen LogP contribution < -0.4 is 4.90 Å². The lowest BCUT2D eigenvalue weighted by molar-refractivity contribution is 0.0543. The Bertz CT molecular complexity index is 1130. The van der Waals surface area contributed by atoms with Gasteiger partial charge in [-0.15, -0.1) is 0 Å². The number of rotatable bonds is 7. The van der Waals surface area contributed by atoms with Gasteiger partial charge in [-0.1, -0.05) is 41.5 Å². The van der Waals surface area contributed by atoms with Crippen LogP contribution in [0.5, 0.6) is 0 Å². The molecule has 0 N–H and O–H groups in total. The zero-order chi connectivity index (χ0) is 27.6. The lowest BCUT2D eigenvalue weighted by Crippen LogP contribution is -2.48. The average Bonchev–Trinajstić information content (AvgIpc) is 3.31. The highest BCUT2D eigenvalue weighted by Crippen LogP contribution is 2.44. The Morgan fingerprint density at radius 2 is 1.59 bits per heavy atom. The lowest BCUT2D eigenvalue weighted by atomic mass is 9.90. The molecule has 1 saturated heterocycles. The highest BCUT2D eigenvalue weighted by Gasteiger charge is 2.44. The fraction of sp³-hybridized carbons (Fsp3) is 0.815. The monoisotopic (exact) mass is 565 g/mol. The minimum Gasteiger partial charge on any atom is -0.415 e. The summed E-state index contributed by atoms with van der Waals surface area (Å²) in [6.07, 6.45) is 4.44. The quantitative estimate of drug-likeness (QED) is 0.256. The molecule has 1 aliphatic heterocycles. The van der Waals surface area contributed by atoms with Crippen LogP contribution in [0.4, 0.5) is 5.82 Å². The number of aryl methyl sites for hydroxylation is 1. The van der Waals surface area contributed by atoms with Crippen LogP contribution >= 0.6 is 11.6 Å². The van der Waals surface area contributed by atoms with Crippen LogP contribution in [0.1, 0.15) is 79.0 Å². The first kappa shape index (κ1) is 29.0. The molecule has 1 atom stereocenters. The van der Waals surface area contributed by atoms with E-state index in [0.717, 1.165) is 61.4 Å². The van der Waals surface area contributed by atoms with Crippen molar-refractivity contribution in [2.45, 2.75) is 129 Å². The number of halogens is 1. The largest absolute Gasteiger partial charge is 0.415 e. The number of anilines is 1. The standard InChI is InChI=1S/C27H48ClN5O2Si2/c1-18-22-23(32-14-12-13-19(32)17-34-36(8,9)26(2,3)4)29-25(28)30-24(22)33(31-18)20-15-21(16-20)35-37(10,11)27(5,6)7/h19-21H,12-17H2,1-11H3/t19-,20-,21+/m0/s1. The zero-order valence-electron chi connectivity index (χ0n) is 24.9. The number of hydrogen-bond acceptors (Lipinski definition) is 6. The Balaban J connectivity index is 1.56. The third-order valence-corrected chi connectivity index (χ3v) is 18.7. The van der Waals surface area contributed by atoms with Crippen molar-refractivity contribution in [1.82, 2.24) is 19.7 Å². The zero-order valence-corrected chi connectivity index (χ0v) is 27.7. The molecule has 0 aromatic carbocycles. The predicted molar refractivity (Wildman–Crippen MR) is 159 cm³/mol. The molecular weight excluding hydrogens is 518 g/mol. The predicted octanol–water partition coefficient (Wildman–Crippen LogP) is 7.50. The Labute approximate surface area is 230 Å². The van der Waals surface area contributed by atoms with Crippen molar-refractivity contribution < 1.29 is 8.85 Å². The van der Waals surface area contributed by atoms with Crippen molar-refractivity contribution in [3.05, 3.63) is 11.0 Å². The molecule has 0 radical (unpaired) electrons. The molecule has 2 fully saturated rings. The van der Waals surface area contributed by atoms with E-state index in [1.807, 2.05) is 0 Å². The van der Waals surface area contributed by atoms with Gasteiger partial charge in [0.15, 0.2) is 22.3 Å². The second-order valence-electron chi connectivity index (χ2n) is 14.2. The molecule has 1 saturated carbocycles. The van der Waals surface area contributed by atoms with Gasteiger partial charge in [0.25, 0.3) is 0 Å². The van der Waals surface area contributed by atoms with Crippen LogP contribution in [0.25, 0.3) is 11.0 Å². The summed E-state index contributed by atoms with van der Waals surface area (Å²) in [6.45, 7) is 26.8. The van der Waals surface area contributed by atoms with Gasteiger partial charge in [-0.25, -0.2) is 4.68 Å². The fourth-order valence-electron chi connectivity index (χ4n) is 4.86. The van der Waals surface area contributed by atoms with Crippen molar-refractivity contribution in [2.75, 3.05) is 18.1 Å². The molecule has 37 heavy (non-hydrogen) atoms. The average molecular weight is 566 g/mol. The molecule has 0 amide bonds. The second-order valence-corrected chi connectivity index (χ2v) is 24.1. The summed E-state index contributed by atoms with van der Waals surface area (Å²) in [5, 5.41) is 6.68. The first-order valence-electron chi connectivity index (χ1n) is 13.9. The van der Waals surface area contributed by atoms with Gasteiger partial charge in [0, 0.05) is 12.6 Å². The molecule has 2 aliphatic rings. The first-order valence-corrected chi connectivity index (χ1v) is 20.1. The topological polar surface area (TPSA) is 65.3 Å². The van der Waals surface area contributed by atoms with Gasteiger partial charge in [0.1, 0.15) is 5.82 Å². The summed E-state index contributed by atoms with van der Waals surface area (Å²) in [7, 11) is -3.62. The molecule has 2 aromatic rings. The summed E-state index contributed by atoms with van der Waals surface area (Å²) in [4.78, 5) is 11.8. The smallest absolute Gasteiger partial charge is 0.226 e. The van der Waals surface area contributed by atoms with Crippen LogP contribution in [0.15, 0.2) is 0 Å². The molecule has 0 bridgehead atoms. The highest BCUT2D eigenvalue weighted by molar-refractivity contribution is 6.74. The summed E-state index contributed by atoms with van der Waals surface area (Å²) in [5.74, 6) is 0.911. The van der Waals surface area contributed by atoms with Crippen LogP contribution in [0, 0.1) is 6.92 Å². The fourth-order valence-corrected chi connectivity index (χ4v) is 7.44. The third-order valence-electron chi connectivity index (χ3n) is 9.46. The Hall–Kier alpha value is -1.01. The minimum absolute atomic E-state index is 0.189. The van der Waals surface area contributed by atoms with E-state index >= 15 is 0 Å². The summed E-state index contributed by atoms with van der Waals surface area (Å²) in [5.41, 5.74) is 1.81.